The molecular weight excluding hydrogens is 272 g/mol. The zero-order valence-corrected chi connectivity index (χ0v) is 13.3. The van der Waals surface area contributed by atoms with E-state index in [1.165, 1.54) is 24.0 Å². The molecule has 2 unspecified atom stereocenters. The van der Waals surface area contributed by atoms with Crippen LogP contribution in [-0.4, -0.2) is 4.83 Å². The first kappa shape index (κ1) is 14.8. The maximum Gasteiger partial charge on any atom is 0.0148 e. The van der Waals surface area contributed by atoms with Crippen LogP contribution in [0, 0.1) is 5.92 Å². The largest absolute Gasteiger partial charge is 0.0891 e. The molecule has 2 atom stereocenters. The minimum Gasteiger partial charge on any atom is -0.0891 e. The number of rotatable bonds is 4. The van der Waals surface area contributed by atoms with Crippen LogP contribution in [0.25, 0.3) is 0 Å². The lowest BCUT2D eigenvalue weighted by Gasteiger charge is -2.21. The summed E-state index contributed by atoms with van der Waals surface area (Å²) >= 11 is 3.70. The van der Waals surface area contributed by atoms with E-state index in [1.54, 1.807) is 0 Å². The van der Waals surface area contributed by atoms with E-state index in [2.05, 4.69) is 74.8 Å². The minimum atomic E-state index is 0.255. The van der Waals surface area contributed by atoms with Gasteiger partial charge in [0, 0.05) is 4.83 Å². The van der Waals surface area contributed by atoms with Crippen molar-refractivity contribution in [1.82, 2.24) is 0 Å². The van der Waals surface area contributed by atoms with Gasteiger partial charge in [-0.25, -0.2) is 0 Å². The lowest BCUT2D eigenvalue weighted by atomic mass is 9.85. The lowest BCUT2D eigenvalue weighted by molar-refractivity contribution is 0.508. The average molecular weight is 297 g/mol. The van der Waals surface area contributed by atoms with E-state index < -0.39 is 0 Å². The van der Waals surface area contributed by atoms with Gasteiger partial charge in [-0.2, -0.15) is 0 Å². The van der Waals surface area contributed by atoms with Gasteiger partial charge in [0.2, 0.25) is 0 Å². The van der Waals surface area contributed by atoms with E-state index in [0.29, 0.717) is 4.83 Å². The predicted molar refractivity (Wildman–Crippen MR) is 81.0 cm³/mol. The first-order chi connectivity index (χ1) is 7.84. The Kier molecular flexibility index (Phi) is 5.24. The van der Waals surface area contributed by atoms with Gasteiger partial charge < -0.3 is 0 Å². The molecule has 1 heteroatoms. The Labute approximate surface area is 115 Å². The number of halogens is 1. The molecule has 0 bridgehead atoms. The van der Waals surface area contributed by atoms with Gasteiger partial charge in [0.15, 0.2) is 0 Å². The molecule has 0 spiro atoms. The molecule has 96 valence electrons. The summed E-state index contributed by atoms with van der Waals surface area (Å²) in [5, 5.41) is 0. The third kappa shape index (κ3) is 4.46. The maximum atomic E-state index is 3.70. The van der Waals surface area contributed by atoms with Crippen molar-refractivity contribution in [2.45, 2.75) is 57.7 Å². The fraction of sp³-hybridized carbons (Fsp3) is 0.625. The van der Waals surface area contributed by atoms with E-state index in [4.69, 9.17) is 0 Å². The van der Waals surface area contributed by atoms with Crippen molar-refractivity contribution in [3.8, 4) is 0 Å². The molecule has 1 aromatic rings. The van der Waals surface area contributed by atoms with Crippen LogP contribution in [0.4, 0.5) is 0 Å². The molecule has 0 amide bonds. The summed E-state index contributed by atoms with van der Waals surface area (Å²) in [4.78, 5) is 0.592. The first-order valence-electron chi connectivity index (χ1n) is 6.58. The Morgan fingerprint density at radius 1 is 1.12 bits per heavy atom. The number of hydrogen-bond donors (Lipinski definition) is 0. The second kappa shape index (κ2) is 6.04. The van der Waals surface area contributed by atoms with Crippen LogP contribution in [0.1, 0.15) is 52.2 Å². The van der Waals surface area contributed by atoms with Crippen molar-refractivity contribution in [2.24, 2.45) is 5.92 Å². The monoisotopic (exact) mass is 296 g/mol. The molecule has 0 nitrogen and oxygen atoms in total. The Bertz CT molecular complexity index is 330. The van der Waals surface area contributed by atoms with Crippen molar-refractivity contribution >= 4 is 15.9 Å². The molecule has 0 heterocycles. The van der Waals surface area contributed by atoms with Gasteiger partial charge in [-0.15, -0.1) is 0 Å². The normalized spacial score (nSPS) is 15.6. The third-order valence-corrected chi connectivity index (χ3v) is 4.24. The smallest absolute Gasteiger partial charge is 0.0148 e. The molecule has 0 saturated heterocycles. The first-order valence-corrected chi connectivity index (χ1v) is 7.49. The van der Waals surface area contributed by atoms with E-state index in [1.807, 2.05) is 0 Å². The summed E-state index contributed by atoms with van der Waals surface area (Å²) in [7, 11) is 0. The summed E-state index contributed by atoms with van der Waals surface area (Å²) in [6, 6.07) is 9.14. The van der Waals surface area contributed by atoms with Gasteiger partial charge in [0.25, 0.3) is 0 Å². The molecule has 1 rings (SSSR count). The average Bonchev–Trinajstić information content (AvgIpc) is 2.25. The highest BCUT2D eigenvalue weighted by Crippen LogP contribution is 2.25. The zero-order chi connectivity index (χ0) is 13.1. The van der Waals surface area contributed by atoms with E-state index >= 15 is 0 Å². The van der Waals surface area contributed by atoms with Gasteiger partial charge in [0.05, 0.1) is 0 Å². The van der Waals surface area contributed by atoms with Gasteiger partial charge in [-0.05, 0) is 28.9 Å². The Hall–Kier alpha value is -0.300. The topological polar surface area (TPSA) is 0 Å². The van der Waals surface area contributed by atoms with Crippen LogP contribution in [0.15, 0.2) is 24.3 Å². The van der Waals surface area contributed by atoms with Gasteiger partial charge in [-0.3, -0.25) is 0 Å². The fourth-order valence-electron chi connectivity index (χ4n) is 2.08. The summed E-state index contributed by atoms with van der Waals surface area (Å²) < 4.78 is 0. The van der Waals surface area contributed by atoms with E-state index in [-0.39, 0.29) is 5.41 Å². The molecule has 0 saturated carbocycles. The standard InChI is InChI=1S/C16H25Br/c1-6-14(12(2)17)11-13-7-9-15(10-8-13)16(3,4)5/h7-10,12,14H,6,11H2,1-5H3. The predicted octanol–water partition coefficient (Wildman–Crippen LogP) is 5.34. The maximum absolute atomic E-state index is 3.70. The molecule has 0 aliphatic heterocycles. The summed E-state index contributed by atoms with van der Waals surface area (Å²) in [5.41, 5.74) is 3.13. The number of alkyl halides is 1. The molecular formula is C16H25Br. The molecule has 0 radical (unpaired) electrons. The molecule has 0 N–H and O–H groups in total. The van der Waals surface area contributed by atoms with Gasteiger partial charge in [-0.1, -0.05) is 81.2 Å². The van der Waals surface area contributed by atoms with E-state index in [9.17, 15) is 0 Å². The quantitative estimate of drug-likeness (QED) is 0.658. The number of hydrogen-bond acceptors (Lipinski definition) is 0. The molecule has 0 fully saturated rings. The molecule has 17 heavy (non-hydrogen) atoms. The summed E-state index contributed by atoms with van der Waals surface area (Å²) in [6.45, 7) is 11.3. The molecule has 0 aliphatic rings. The zero-order valence-electron chi connectivity index (χ0n) is 11.8. The SMILES string of the molecule is CCC(Cc1ccc(C(C)(C)C)cc1)C(C)Br. The van der Waals surface area contributed by atoms with Crippen molar-refractivity contribution in [2.75, 3.05) is 0 Å². The van der Waals surface area contributed by atoms with E-state index in [0.717, 1.165) is 5.92 Å². The summed E-state index contributed by atoms with van der Waals surface area (Å²) in [5.74, 6) is 0.732. The highest BCUT2D eigenvalue weighted by Gasteiger charge is 2.15. The molecule has 1 aromatic carbocycles. The van der Waals surface area contributed by atoms with Crippen molar-refractivity contribution in [3.05, 3.63) is 35.4 Å². The minimum absolute atomic E-state index is 0.255. The Morgan fingerprint density at radius 3 is 2.00 bits per heavy atom. The fourth-order valence-corrected chi connectivity index (χ4v) is 2.64. The van der Waals surface area contributed by atoms with Crippen LogP contribution >= 0.6 is 15.9 Å². The second-order valence-corrected chi connectivity index (χ2v) is 7.44. The van der Waals surface area contributed by atoms with Crippen LogP contribution < -0.4 is 0 Å². The molecule has 0 aliphatic carbocycles. The third-order valence-electron chi connectivity index (χ3n) is 3.49. The molecule has 0 aromatic heterocycles. The van der Waals surface area contributed by atoms with Crippen LogP contribution in [0.3, 0.4) is 0 Å². The number of benzene rings is 1. The van der Waals surface area contributed by atoms with Crippen molar-refractivity contribution in [3.63, 3.8) is 0 Å². The highest BCUT2D eigenvalue weighted by atomic mass is 79.9. The summed E-state index contributed by atoms with van der Waals surface area (Å²) in [6.07, 6.45) is 2.40. The van der Waals surface area contributed by atoms with Crippen molar-refractivity contribution in [1.29, 1.82) is 0 Å². The van der Waals surface area contributed by atoms with Gasteiger partial charge in [0.1, 0.15) is 0 Å². The van der Waals surface area contributed by atoms with Crippen LogP contribution in [0.5, 0.6) is 0 Å². The Balaban J connectivity index is 2.75. The Morgan fingerprint density at radius 2 is 1.65 bits per heavy atom. The lowest BCUT2D eigenvalue weighted by Crippen LogP contribution is -2.14. The van der Waals surface area contributed by atoms with Gasteiger partial charge >= 0.3 is 0 Å². The van der Waals surface area contributed by atoms with Crippen molar-refractivity contribution < 1.29 is 0 Å². The van der Waals surface area contributed by atoms with Crippen LogP contribution in [0.2, 0.25) is 0 Å². The highest BCUT2D eigenvalue weighted by molar-refractivity contribution is 9.09. The van der Waals surface area contributed by atoms with Crippen LogP contribution in [-0.2, 0) is 11.8 Å². The second-order valence-electron chi connectivity index (χ2n) is 6.00.